The molecule has 11 heteroatoms. The number of halogens is 1. The molecule has 130 valence electrons. The number of sulfonamides is 1. The van der Waals surface area contributed by atoms with E-state index in [0.717, 1.165) is 26.9 Å². The van der Waals surface area contributed by atoms with Crippen molar-refractivity contribution < 1.29 is 13.2 Å². The number of carbonyl (C=O) groups excluding carboxylic acids is 1. The van der Waals surface area contributed by atoms with Gasteiger partial charge in [-0.2, -0.15) is 0 Å². The van der Waals surface area contributed by atoms with Crippen molar-refractivity contribution in [3.8, 4) is 5.69 Å². The molecule has 0 unspecified atom stereocenters. The van der Waals surface area contributed by atoms with Crippen molar-refractivity contribution in [1.82, 2.24) is 14.8 Å². The van der Waals surface area contributed by atoms with Crippen LogP contribution < -0.4 is 10.0 Å². The third kappa shape index (κ3) is 4.55. The lowest BCUT2D eigenvalue weighted by atomic mass is 10.3. The summed E-state index contributed by atoms with van der Waals surface area (Å²) in [6.45, 7) is 0. The van der Waals surface area contributed by atoms with Crippen molar-refractivity contribution in [1.29, 1.82) is 0 Å². The van der Waals surface area contributed by atoms with Crippen LogP contribution in [0.15, 0.2) is 42.6 Å². The highest BCUT2D eigenvalue weighted by atomic mass is 127. The largest absolute Gasteiger partial charge is 0.312 e. The summed E-state index contributed by atoms with van der Waals surface area (Å²) in [6, 6.07) is 11.2. The Kier molecular flexibility index (Phi) is 5.06. The molecule has 0 aliphatic heterocycles. The Balaban J connectivity index is 1.80. The molecule has 2 heterocycles. The molecule has 8 nitrogen and oxygen atoms in total. The molecule has 25 heavy (non-hydrogen) atoms. The van der Waals surface area contributed by atoms with Crippen LogP contribution in [-0.4, -0.2) is 35.3 Å². The van der Waals surface area contributed by atoms with Gasteiger partial charge in [-0.15, -0.1) is 10.2 Å². The van der Waals surface area contributed by atoms with E-state index in [1.54, 1.807) is 22.9 Å². The Morgan fingerprint density at radius 3 is 2.68 bits per heavy atom. The summed E-state index contributed by atoms with van der Waals surface area (Å²) in [7, 11) is -3.44. The second-order valence-electron chi connectivity index (χ2n) is 4.98. The number of hydrogen-bond donors (Lipinski definition) is 2. The lowest BCUT2D eigenvalue weighted by molar-refractivity contribution is 0.102. The van der Waals surface area contributed by atoms with Crippen molar-refractivity contribution >= 4 is 60.1 Å². The molecular weight excluding hydrogens is 477 g/mol. The van der Waals surface area contributed by atoms with Crippen LogP contribution in [0.2, 0.25) is 0 Å². The van der Waals surface area contributed by atoms with Gasteiger partial charge in [0.2, 0.25) is 20.3 Å². The van der Waals surface area contributed by atoms with Crippen molar-refractivity contribution in [2.45, 2.75) is 0 Å². The van der Waals surface area contributed by atoms with Gasteiger partial charge in [-0.05, 0) is 52.9 Å². The zero-order valence-electron chi connectivity index (χ0n) is 12.8. The number of carbonyl (C=O) groups is 1. The minimum atomic E-state index is -3.44. The number of aromatic nitrogens is 3. The maximum atomic E-state index is 12.5. The zero-order chi connectivity index (χ0) is 18.0. The average molecular weight is 489 g/mol. The summed E-state index contributed by atoms with van der Waals surface area (Å²) in [5.74, 6) is -0.370. The van der Waals surface area contributed by atoms with Gasteiger partial charge in [-0.25, -0.2) is 8.42 Å². The van der Waals surface area contributed by atoms with E-state index in [1.807, 2.05) is 24.3 Å². The lowest BCUT2D eigenvalue weighted by Gasteiger charge is -2.09. The molecule has 3 rings (SSSR count). The molecule has 0 aliphatic carbocycles. The van der Waals surface area contributed by atoms with Gasteiger partial charge >= 0.3 is 0 Å². The van der Waals surface area contributed by atoms with Crippen LogP contribution in [0.4, 0.5) is 10.3 Å². The maximum absolute atomic E-state index is 12.5. The maximum Gasteiger partial charge on any atom is 0.274 e. The highest BCUT2D eigenvalue weighted by molar-refractivity contribution is 14.1. The molecule has 1 amide bonds. The molecule has 0 spiro atoms. The highest BCUT2D eigenvalue weighted by Gasteiger charge is 2.15. The molecule has 0 saturated carbocycles. The Labute approximate surface area is 161 Å². The smallest absolute Gasteiger partial charge is 0.274 e. The van der Waals surface area contributed by atoms with E-state index in [-0.39, 0.29) is 16.2 Å². The van der Waals surface area contributed by atoms with E-state index in [2.05, 4.69) is 42.8 Å². The van der Waals surface area contributed by atoms with E-state index >= 15 is 0 Å². The lowest BCUT2D eigenvalue weighted by Crippen LogP contribution is -2.16. The second-order valence-corrected chi connectivity index (χ2v) is 8.96. The van der Waals surface area contributed by atoms with Crippen LogP contribution in [0.25, 0.3) is 5.69 Å². The second kappa shape index (κ2) is 7.09. The zero-order valence-corrected chi connectivity index (χ0v) is 16.6. The normalized spacial score (nSPS) is 11.3. The van der Waals surface area contributed by atoms with Crippen molar-refractivity contribution in [2.75, 3.05) is 16.3 Å². The quantitative estimate of drug-likeness (QED) is 0.536. The van der Waals surface area contributed by atoms with Gasteiger partial charge in [0, 0.05) is 15.5 Å². The van der Waals surface area contributed by atoms with Crippen LogP contribution >= 0.6 is 33.9 Å². The average Bonchev–Trinajstić information content (AvgIpc) is 3.15. The minimum absolute atomic E-state index is 0.0887. The number of nitrogens with one attached hydrogen (secondary N) is 2. The van der Waals surface area contributed by atoms with Crippen LogP contribution in [0.5, 0.6) is 0 Å². The highest BCUT2D eigenvalue weighted by Crippen LogP contribution is 2.22. The molecule has 3 aromatic rings. The summed E-state index contributed by atoms with van der Waals surface area (Å²) in [4.78, 5) is 12.5. The van der Waals surface area contributed by atoms with Gasteiger partial charge in [0.25, 0.3) is 5.91 Å². The number of benzene rings is 1. The van der Waals surface area contributed by atoms with Gasteiger partial charge in [0.15, 0.2) is 0 Å². The third-order valence-electron chi connectivity index (χ3n) is 2.99. The van der Waals surface area contributed by atoms with E-state index in [9.17, 15) is 13.2 Å². The number of amides is 1. The fourth-order valence-corrected chi connectivity index (χ4v) is 4.05. The first-order valence-corrected chi connectivity index (χ1v) is 10.7. The Morgan fingerprint density at radius 1 is 1.20 bits per heavy atom. The Hall–Kier alpha value is -1.99. The first kappa shape index (κ1) is 17.8. The fourth-order valence-electron chi connectivity index (χ4n) is 2.05. The molecule has 0 bridgehead atoms. The molecule has 0 aliphatic rings. The fraction of sp³-hybridized carbons (Fsp3) is 0.0714. The minimum Gasteiger partial charge on any atom is -0.312 e. The molecule has 0 atom stereocenters. The van der Waals surface area contributed by atoms with Crippen LogP contribution in [0, 0.1) is 3.57 Å². The predicted molar refractivity (Wildman–Crippen MR) is 105 cm³/mol. The molecule has 2 aromatic heterocycles. The molecule has 2 N–H and O–H groups in total. The summed E-state index contributed by atoms with van der Waals surface area (Å²) in [6.07, 6.45) is 2.80. The molecule has 0 radical (unpaired) electrons. The number of nitrogens with zero attached hydrogens (tertiary/aromatic N) is 3. The van der Waals surface area contributed by atoms with Gasteiger partial charge in [0.1, 0.15) is 5.69 Å². The molecule has 1 aromatic carbocycles. The first-order valence-electron chi connectivity index (χ1n) is 6.88. The monoisotopic (exact) mass is 489 g/mol. The van der Waals surface area contributed by atoms with Crippen molar-refractivity contribution in [3.63, 3.8) is 0 Å². The number of rotatable bonds is 5. The van der Waals surface area contributed by atoms with Crippen LogP contribution in [0.1, 0.15) is 10.5 Å². The van der Waals surface area contributed by atoms with Gasteiger partial charge in [0.05, 0.1) is 6.26 Å². The topological polar surface area (TPSA) is 106 Å². The first-order chi connectivity index (χ1) is 11.8. The van der Waals surface area contributed by atoms with Crippen LogP contribution in [0.3, 0.4) is 0 Å². The Morgan fingerprint density at radius 2 is 1.96 bits per heavy atom. The SMILES string of the molecule is CS(=O)(=O)Nc1nnc(NC(=O)c2cccn2-c2cccc(I)c2)s1. The van der Waals surface area contributed by atoms with E-state index in [0.29, 0.717) is 5.69 Å². The standard InChI is InChI=1S/C14H12IN5O3S2/c1-25(22,23)19-14-18-17-13(24-14)16-12(21)11-6-3-7-20(11)10-5-2-4-9(15)8-10/h2-8H,1H3,(H,18,19)(H,16,17,21). The third-order valence-corrected chi connectivity index (χ3v) is 5.10. The summed E-state index contributed by atoms with van der Waals surface area (Å²) >= 11 is 3.14. The summed E-state index contributed by atoms with van der Waals surface area (Å²) < 4.78 is 27.4. The van der Waals surface area contributed by atoms with E-state index < -0.39 is 10.0 Å². The van der Waals surface area contributed by atoms with Gasteiger partial charge < -0.3 is 4.57 Å². The van der Waals surface area contributed by atoms with E-state index in [4.69, 9.17) is 0 Å². The summed E-state index contributed by atoms with van der Waals surface area (Å²) in [5.41, 5.74) is 1.29. The predicted octanol–water partition coefficient (Wildman–Crippen LogP) is 2.56. The van der Waals surface area contributed by atoms with Gasteiger partial charge in [-0.1, -0.05) is 17.4 Å². The Bertz CT molecular complexity index is 1030. The van der Waals surface area contributed by atoms with Crippen molar-refractivity contribution in [2.24, 2.45) is 0 Å². The number of anilines is 2. The van der Waals surface area contributed by atoms with Gasteiger partial charge in [-0.3, -0.25) is 14.8 Å². The summed E-state index contributed by atoms with van der Waals surface area (Å²) in [5, 5.41) is 10.4. The number of hydrogen-bond acceptors (Lipinski definition) is 6. The van der Waals surface area contributed by atoms with Crippen LogP contribution in [-0.2, 0) is 10.0 Å². The molecule has 0 fully saturated rings. The molecular formula is C14H12IN5O3S2. The molecule has 0 saturated heterocycles. The van der Waals surface area contributed by atoms with Crippen molar-refractivity contribution in [3.05, 3.63) is 51.9 Å². The van der Waals surface area contributed by atoms with E-state index in [1.165, 1.54) is 0 Å².